The summed E-state index contributed by atoms with van der Waals surface area (Å²) < 4.78 is 0. The highest BCUT2D eigenvalue weighted by Crippen LogP contribution is 2.48. The van der Waals surface area contributed by atoms with Gasteiger partial charge in [-0.05, 0) is 43.9 Å². The predicted molar refractivity (Wildman–Crippen MR) is 126 cm³/mol. The van der Waals surface area contributed by atoms with Gasteiger partial charge in [-0.3, -0.25) is 9.89 Å². The van der Waals surface area contributed by atoms with Crippen LogP contribution in [0.4, 0.5) is 0 Å². The van der Waals surface area contributed by atoms with Gasteiger partial charge >= 0.3 is 0 Å². The highest BCUT2D eigenvalue weighted by molar-refractivity contribution is 7.13. The van der Waals surface area contributed by atoms with Crippen molar-refractivity contribution < 1.29 is 9.90 Å². The minimum Gasteiger partial charge on any atom is -0.385 e. The van der Waals surface area contributed by atoms with Crippen LogP contribution in [0.1, 0.15) is 56.3 Å². The molecule has 2 atom stereocenters. The molecule has 1 amide bonds. The fourth-order valence-electron chi connectivity index (χ4n) is 5.02. The summed E-state index contributed by atoms with van der Waals surface area (Å²) in [4.78, 5) is 16.4. The Balaban J connectivity index is 1.60. The highest BCUT2D eigenvalue weighted by atomic mass is 35.5. The molecule has 2 aliphatic rings. The van der Waals surface area contributed by atoms with Gasteiger partial charge in [0.2, 0.25) is 0 Å². The Hall–Kier alpha value is -2.15. The molecule has 2 bridgehead atoms. The van der Waals surface area contributed by atoms with Crippen molar-refractivity contribution in [2.75, 3.05) is 0 Å². The first-order valence-electron chi connectivity index (χ1n) is 10.7. The number of aromatic amines is 1. The molecule has 2 aromatic rings. The number of nitrogens with one attached hydrogen (secondary N) is 1. The number of rotatable bonds is 6. The quantitative estimate of drug-likeness (QED) is 0.549. The van der Waals surface area contributed by atoms with Crippen LogP contribution in [0.3, 0.4) is 0 Å². The monoisotopic (exact) mass is 457 g/mol. The normalized spacial score (nSPS) is 26.4. The van der Waals surface area contributed by atoms with Crippen molar-refractivity contribution in [1.29, 1.82) is 0 Å². The summed E-state index contributed by atoms with van der Waals surface area (Å²) in [5.41, 5.74) is 2.20. The van der Waals surface area contributed by atoms with Gasteiger partial charge in [0, 0.05) is 57.5 Å². The molecule has 5 nitrogen and oxygen atoms in total. The Kier molecular flexibility index (Phi) is 6.24. The second kappa shape index (κ2) is 8.77. The molecule has 2 unspecified atom stereocenters. The van der Waals surface area contributed by atoms with Gasteiger partial charge in [0.05, 0.1) is 17.4 Å². The molecule has 0 aliphatic carbocycles. The van der Waals surface area contributed by atoms with Crippen molar-refractivity contribution in [3.63, 3.8) is 0 Å². The van der Waals surface area contributed by atoms with Crippen LogP contribution < -0.4 is 0 Å². The minimum absolute atomic E-state index is 0.0109. The van der Waals surface area contributed by atoms with Crippen LogP contribution in [-0.4, -0.2) is 43.8 Å². The topological polar surface area (TPSA) is 69.2 Å². The molecular weight excluding hydrogens is 430 g/mol. The molecule has 2 aromatic heterocycles. The van der Waals surface area contributed by atoms with Gasteiger partial charge in [-0.1, -0.05) is 31.2 Å². The Morgan fingerprint density at radius 2 is 2.16 bits per heavy atom. The van der Waals surface area contributed by atoms with Crippen LogP contribution in [0.2, 0.25) is 0 Å². The number of thiophene rings is 1. The summed E-state index contributed by atoms with van der Waals surface area (Å²) in [7, 11) is 0. The van der Waals surface area contributed by atoms with Crippen LogP contribution in [0.25, 0.3) is 10.4 Å². The van der Waals surface area contributed by atoms with Crippen molar-refractivity contribution in [3.05, 3.63) is 64.3 Å². The lowest BCUT2D eigenvalue weighted by Gasteiger charge is -2.45. The number of hydrogen-bond acceptors (Lipinski definition) is 4. The van der Waals surface area contributed by atoms with E-state index in [-0.39, 0.29) is 18.0 Å². The zero-order valence-electron chi connectivity index (χ0n) is 17.9. The van der Waals surface area contributed by atoms with Gasteiger partial charge in [0.25, 0.3) is 5.91 Å². The van der Waals surface area contributed by atoms with Crippen LogP contribution in [0.5, 0.6) is 0 Å². The zero-order chi connectivity index (χ0) is 22.2. The van der Waals surface area contributed by atoms with Gasteiger partial charge in [0.1, 0.15) is 0 Å². The molecular formula is C24H28ClN3O2S. The van der Waals surface area contributed by atoms with E-state index in [1.807, 2.05) is 48.5 Å². The number of amides is 1. The van der Waals surface area contributed by atoms with Crippen molar-refractivity contribution in [2.45, 2.75) is 63.6 Å². The molecule has 2 N–H and O–H groups in total. The zero-order valence-corrected chi connectivity index (χ0v) is 19.5. The molecule has 0 saturated carbocycles. The van der Waals surface area contributed by atoms with Crippen molar-refractivity contribution in [1.82, 2.24) is 15.1 Å². The van der Waals surface area contributed by atoms with Crippen molar-refractivity contribution >= 4 is 28.8 Å². The van der Waals surface area contributed by atoms with E-state index in [1.165, 1.54) is 0 Å². The third-order valence-corrected chi connectivity index (χ3v) is 7.72. The number of fused-ring (bicyclic) bond motifs is 2. The predicted octanol–water partition coefficient (Wildman–Crippen LogP) is 5.67. The summed E-state index contributed by atoms with van der Waals surface area (Å²) >= 11 is 8.13. The van der Waals surface area contributed by atoms with E-state index in [0.29, 0.717) is 23.4 Å². The van der Waals surface area contributed by atoms with Crippen LogP contribution in [0.15, 0.2) is 58.7 Å². The third-order valence-electron chi connectivity index (χ3n) is 6.43. The fraction of sp³-hybridized carbons (Fsp3) is 0.417. The molecule has 4 heterocycles. The van der Waals surface area contributed by atoms with Gasteiger partial charge in [-0.25, -0.2) is 0 Å². The fourth-order valence-corrected chi connectivity index (χ4v) is 6.32. The number of hydrogen-bond donors (Lipinski definition) is 2. The van der Waals surface area contributed by atoms with E-state index in [2.05, 4.69) is 16.8 Å². The highest BCUT2D eigenvalue weighted by Gasteiger charge is 2.51. The third kappa shape index (κ3) is 4.04. The molecule has 2 fully saturated rings. The molecule has 4 rings (SSSR count). The molecule has 2 saturated heterocycles. The maximum Gasteiger partial charge on any atom is 0.255 e. The first kappa shape index (κ1) is 22.1. The number of halogens is 1. The number of aliphatic hydroxyl groups is 1. The molecule has 2 aliphatic heterocycles. The maximum atomic E-state index is 13.4. The lowest BCUT2D eigenvalue weighted by molar-refractivity contribution is -0.0171. The average molecular weight is 458 g/mol. The number of H-pyrrole nitrogens is 1. The minimum atomic E-state index is -1.07. The van der Waals surface area contributed by atoms with Gasteiger partial charge in [-0.2, -0.15) is 5.10 Å². The van der Waals surface area contributed by atoms with Gasteiger partial charge in [0.15, 0.2) is 0 Å². The molecule has 7 heteroatoms. The van der Waals surface area contributed by atoms with E-state index >= 15 is 0 Å². The average Bonchev–Trinajstić information content (AvgIpc) is 3.47. The Morgan fingerprint density at radius 1 is 1.45 bits per heavy atom. The molecule has 0 radical (unpaired) electrons. The van der Waals surface area contributed by atoms with Crippen LogP contribution >= 0.6 is 22.9 Å². The lowest BCUT2D eigenvalue weighted by atomic mass is 9.76. The molecule has 31 heavy (non-hydrogen) atoms. The second-order valence-electron chi connectivity index (χ2n) is 8.40. The first-order valence-corrected chi connectivity index (χ1v) is 12.0. The number of aromatic nitrogens is 2. The first-order chi connectivity index (χ1) is 14.9. The van der Waals surface area contributed by atoms with E-state index < -0.39 is 5.60 Å². The maximum absolute atomic E-state index is 13.4. The van der Waals surface area contributed by atoms with Gasteiger partial charge in [-0.15, -0.1) is 11.3 Å². The van der Waals surface area contributed by atoms with E-state index in [1.54, 1.807) is 17.5 Å². The van der Waals surface area contributed by atoms with Crippen LogP contribution in [0, 0.1) is 0 Å². The number of carbonyl (C=O) groups excluding carboxylic acids is 1. The van der Waals surface area contributed by atoms with Gasteiger partial charge < -0.3 is 10.0 Å². The summed E-state index contributed by atoms with van der Waals surface area (Å²) in [6.45, 7) is 8.10. The largest absolute Gasteiger partial charge is 0.385 e. The van der Waals surface area contributed by atoms with Crippen molar-refractivity contribution in [2.24, 2.45) is 0 Å². The van der Waals surface area contributed by atoms with E-state index in [4.69, 9.17) is 11.6 Å². The Bertz CT molecular complexity index is 1020. The van der Waals surface area contributed by atoms with Crippen molar-refractivity contribution in [3.8, 4) is 10.4 Å². The number of carbonyl (C=O) groups is 1. The standard InChI is InChI=1S/C24H28ClN3O2S/c1-4-6-20(25)22(15(3)5-2)24(30)10-18-7-8-19(11-24)28(18)23(29)16-9-21(31-14-16)17-12-26-27-13-17/h4,6,9,12-14,18-19,30H,3,5,7-8,10-11H2,1-2H3,(H,26,27). The Morgan fingerprint density at radius 3 is 2.74 bits per heavy atom. The number of piperidine rings is 1. The Labute approximate surface area is 192 Å². The summed E-state index contributed by atoms with van der Waals surface area (Å²) in [6, 6.07) is 1.91. The summed E-state index contributed by atoms with van der Waals surface area (Å²) in [5.74, 6) is 0.0416. The second-order valence-corrected chi connectivity index (χ2v) is 9.72. The van der Waals surface area contributed by atoms with E-state index in [9.17, 15) is 9.90 Å². The van der Waals surface area contributed by atoms with Crippen LogP contribution in [-0.2, 0) is 0 Å². The van der Waals surface area contributed by atoms with E-state index in [0.717, 1.165) is 40.8 Å². The molecule has 0 spiro atoms. The number of nitrogens with zero attached hydrogens (tertiary/aromatic N) is 2. The molecule has 0 aromatic carbocycles. The lowest BCUT2D eigenvalue weighted by Crippen LogP contribution is -2.54. The summed E-state index contributed by atoms with van der Waals surface area (Å²) in [6.07, 6.45) is 10.7. The number of allylic oxidation sites excluding steroid dienone is 3. The molecule has 164 valence electrons. The SMILES string of the molecule is C=C(CC)C(=C(Cl)C=CC)C1(O)CC2CCC(C1)N2C(=O)c1csc(-c2cn[nH]c2)c1. The smallest absolute Gasteiger partial charge is 0.255 e. The summed E-state index contributed by atoms with van der Waals surface area (Å²) in [5, 5.41) is 21.0.